The summed E-state index contributed by atoms with van der Waals surface area (Å²) in [6, 6.07) is 20.6. The lowest BCUT2D eigenvalue weighted by atomic mass is 10.1. The van der Waals surface area contributed by atoms with E-state index in [4.69, 9.17) is 0 Å². The third-order valence-corrected chi connectivity index (χ3v) is 5.89. The Kier molecular flexibility index (Phi) is 4.30. The molecule has 2 heterocycles. The van der Waals surface area contributed by atoms with Crippen LogP contribution in [-0.2, 0) is 0 Å². The lowest BCUT2D eigenvalue weighted by Crippen LogP contribution is -2.33. The first-order valence-electron chi connectivity index (χ1n) is 8.35. The van der Waals surface area contributed by atoms with E-state index in [1.807, 2.05) is 47.0 Å². The van der Waals surface area contributed by atoms with E-state index in [9.17, 15) is 4.79 Å². The van der Waals surface area contributed by atoms with Gasteiger partial charge in [-0.15, -0.1) is 0 Å². The number of nitrogens with one attached hydrogen (secondary N) is 1. The Labute approximate surface area is 146 Å². The molecule has 1 saturated heterocycles. The van der Waals surface area contributed by atoms with E-state index in [0.29, 0.717) is 10.9 Å². The molecule has 4 heteroatoms. The Morgan fingerprint density at radius 2 is 1.83 bits per heavy atom. The van der Waals surface area contributed by atoms with Gasteiger partial charge in [0, 0.05) is 35.0 Å². The predicted octanol–water partition coefficient (Wildman–Crippen LogP) is 4.49. The second-order valence-corrected chi connectivity index (χ2v) is 7.43. The smallest absolute Gasteiger partial charge is 0.270 e. The van der Waals surface area contributed by atoms with Crippen molar-refractivity contribution in [2.45, 2.75) is 11.7 Å². The van der Waals surface area contributed by atoms with E-state index >= 15 is 0 Å². The second kappa shape index (κ2) is 6.73. The van der Waals surface area contributed by atoms with Gasteiger partial charge < -0.3 is 9.88 Å². The van der Waals surface area contributed by atoms with Crippen LogP contribution in [0.4, 0.5) is 0 Å². The Bertz CT molecular complexity index is 810. The van der Waals surface area contributed by atoms with E-state index in [-0.39, 0.29) is 5.91 Å². The molecule has 3 nitrogen and oxygen atoms in total. The number of fused-ring (bicyclic) bond motifs is 1. The fourth-order valence-electron chi connectivity index (χ4n) is 3.27. The Morgan fingerprint density at radius 1 is 1.04 bits per heavy atom. The normalized spacial score (nSPS) is 18.5. The van der Waals surface area contributed by atoms with Crippen LogP contribution >= 0.6 is 11.8 Å². The molecular formula is C20H20N2OS. The topological polar surface area (TPSA) is 36.1 Å². The van der Waals surface area contributed by atoms with Crippen LogP contribution in [0.25, 0.3) is 10.9 Å². The number of carbonyl (C=O) groups is 1. The number of nitrogens with zero attached hydrogens (tertiary/aromatic N) is 1. The number of hydrogen-bond acceptors (Lipinski definition) is 2. The van der Waals surface area contributed by atoms with Crippen LogP contribution < -0.4 is 0 Å². The van der Waals surface area contributed by atoms with Gasteiger partial charge in [0.2, 0.25) is 0 Å². The maximum atomic E-state index is 12.9. The molecule has 0 spiro atoms. The molecule has 0 saturated carbocycles. The summed E-state index contributed by atoms with van der Waals surface area (Å²) < 4.78 is 0. The zero-order chi connectivity index (χ0) is 16.4. The van der Waals surface area contributed by atoms with Crippen LogP contribution in [-0.4, -0.2) is 34.6 Å². The summed E-state index contributed by atoms with van der Waals surface area (Å²) in [5.74, 6) is 1.09. The molecule has 122 valence electrons. The van der Waals surface area contributed by atoms with Crippen LogP contribution in [0.2, 0.25) is 0 Å². The van der Waals surface area contributed by atoms with Gasteiger partial charge >= 0.3 is 0 Å². The van der Waals surface area contributed by atoms with Crippen molar-refractivity contribution in [3.05, 3.63) is 71.9 Å². The van der Waals surface area contributed by atoms with Crippen molar-refractivity contribution in [1.82, 2.24) is 9.88 Å². The third kappa shape index (κ3) is 3.06. The van der Waals surface area contributed by atoms with E-state index < -0.39 is 0 Å². The Balaban J connectivity index is 1.49. The number of aromatic amines is 1. The highest BCUT2D eigenvalue weighted by molar-refractivity contribution is 7.99. The lowest BCUT2D eigenvalue weighted by molar-refractivity contribution is 0.0761. The zero-order valence-corrected chi connectivity index (χ0v) is 14.3. The van der Waals surface area contributed by atoms with Crippen molar-refractivity contribution in [1.29, 1.82) is 0 Å². The van der Waals surface area contributed by atoms with Crippen LogP contribution in [0.5, 0.6) is 0 Å². The summed E-state index contributed by atoms with van der Waals surface area (Å²) in [5.41, 5.74) is 3.08. The van der Waals surface area contributed by atoms with Gasteiger partial charge in [-0.05, 0) is 24.1 Å². The van der Waals surface area contributed by atoms with Crippen LogP contribution in [0.15, 0.2) is 60.7 Å². The molecule has 1 aromatic heterocycles. The first kappa shape index (κ1) is 15.3. The zero-order valence-electron chi connectivity index (χ0n) is 13.4. The first-order valence-corrected chi connectivity index (χ1v) is 9.40. The van der Waals surface area contributed by atoms with Gasteiger partial charge in [0.15, 0.2) is 0 Å². The Morgan fingerprint density at radius 3 is 2.67 bits per heavy atom. The molecule has 3 aromatic rings. The van der Waals surface area contributed by atoms with Gasteiger partial charge in [0.05, 0.1) is 0 Å². The minimum Gasteiger partial charge on any atom is -0.351 e. The molecule has 0 aliphatic carbocycles. The summed E-state index contributed by atoms with van der Waals surface area (Å²) in [7, 11) is 0. The van der Waals surface area contributed by atoms with E-state index in [2.05, 4.69) is 35.3 Å². The molecule has 0 bridgehead atoms. The fourth-order valence-corrected chi connectivity index (χ4v) is 4.50. The number of carbonyl (C=O) groups excluding carboxylic acids is 1. The van der Waals surface area contributed by atoms with E-state index in [1.54, 1.807) is 0 Å². The number of hydrogen-bond donors (Lipinski definition) is 1. The number of benzene rings is 2. The molecule has 2 aromatic carbocycles. The number of rotatable bonds is 2. The highest BCUT2D eigenvalue weighted by atomic mass is 32.2. The number of thioether (sulfide) groups is 1. The molecule has 1 aliphatic heterocycles. The molecule has 0 radical (unpaired) electrons. The molecule has 1 aliphatic rings. The van der Waals surface area contributed by atoms with Gasteiger partial charge in [0.25, 0.3) is 5.91 Å². The summed E-state index contributed by atoms with van der Waals surface area (Å²) in [6.45, 7) is 1.61. The molecule has 0 unspecified atom stereocenters. The van der Waals surface area contributed by atoms with Crippen molar-refractivity contribution in [3.8, 4) is 0 Å². The maximum absolute atomic E-state index is 12.9. The lowest BCUT2D eigenvalue weighted by Gasteiger charge is -2.19. The molecule has 4 rings (SSSR count). The quantitative estimate of drug-likeness (QED) is 0.748. The maximum Gasteiger partial charge on any atom is 0.270 e. The second-order valence-electron chi connectivity index (χ2n) is 6.12. The van der Waals surface area contributed by atoms with Crippen molar-refractivity contribution in [3.63, 3.8) is 0 Å². The largest absolute Gasteiger partial charge is 0.351 e. The summed E-state index contributed by atoms with van der Waals surface area (Å²) in [4.78, 5) is 18.1. The average molecular weight is 336 g/mol. The SMILES string of the molecule is O=C(c1cc2ccccc2[nH]1)N1CCS[C@H](c2ccccc2)CC1. The van der Waals surface area contributed by atoms with Crippen LogP contribution in [0, 0.1) is 0 Å². The number of aromatic nitrogens is 1. The summed E-state index contributed by atoms with van der Waals surface area (Å²) in [6.07, 6.45) is 1.00. The summed E-state index contributed by atoms with van der Waals surface area (Å²) in [5, 5.41) is 1.57. The number of amides is 1. The minimum absolute atomic E-state index is 0.112. The molecular weight excluding hydrogens is 316 g/mol. The highest BCUT2D eigenvalue weighted by Gasteiger charge is 2.23. The van der Waals surface area contributed by atoms with Gasteiger partial charge in [-0.2, -0.15) is 11.8 Å². The van der Waals surface area contributed by atoms with Gasteiger partial charge in [-0.25, -0.2) is 0 Å². The third-order valence-electron chi connectivity index (χ3n) is 4.56. The van der Waals surface area contributed by atoms with Gasteiger partial charge in [-0.3, -0.25) is 4.79 Å². The average Bonchev–Trinajstić information content (AvgIpc) is 2.91. The van der Waals surface area contributed by atoms with Crippen molar-refractivity contribution in [2.24, 2.45) is 0 Å². The van der Waals surface area contributed by atoms with Crippen LogP contribution in [0.1, 0.15) is 27.7 Å². The fraction of sp³-hybridized carbons (Fsp3) is 0.250. The van der Waals surface area contributed by atoms with Gasteiger partial charge in [-0.1, -0.05) is 48.5 Å². The molecule has 24 heavy (non-hydrogen) atoms. The van der Waals surface area contributed by atoms with E-state index in [0.717, 1.165) is 36.2 Å². The predicted molar refractivity (Wildman–Crippen MR) is 100 cm³/mol. The van der Waals surface area contributed by atoms with Crippen molar-refractivity contribution < 1.29 is 4.79 Å². The molecule has 1 amide bonds. The number of H-pyrrole nitrogens is 1. The molecule has 1 fully saturated rings. The van der Waals surface area contributed by atoms with Gasteiger partial charge in [0.1, 0.15) is 5.69 Å². The van der Waals surface area contributed by atoms with Crippen molar-refractivity contribution in [2.75, 3.05) is 18.8 Å². The minimum atomic E-state index is 0.112. The van der Waals surface area contributed by atoms with Crippen molar-refractivity contribution >= 4 is 28.6 Å². The first-order chi connectivity index (χ1) is 11.8. The van der Waals surface area contributed by atoms with E-state index in [1.165, 1.54) is 5.56 Å². The molecule has 1 N–H and O–H groups in total. The summed E-state index contributed by atoms with van der Waals surface area (Å²) >= 11 is 1.95. The highest BCUT2D eigenvalue weighted by Crippen LogP contribution is 2.34. The standard InChI is InChI=1S/C20H20N2OS/c23-20(18-14-16-8-4-5-9-17(16)21-18)22-11-10-19(24-13-12-22)15-6-2-1-3-7-15/h1-9,14,19,21H,10-13H2/t19-/m0/s1. The van der Waals surface area contributed by atoms with Crippen LogP contribution in [0.3, 0.4) is 0 Å². The molecule has 1 atom stereocenters. The monoisotopic (exact) mass is 336 g/mol. The Hall–Kier alpha value is -2.20. The number of para-hydroxylation sites is 1.